The number of anilines is 1. The minimum absolute atomic E-state index is 0.204. The van der Waals surface area contributed by atoms with Gasteiger partial charge in [0.25, 0.3) is 0 Å². The molecule has 0 saturated heterocycles. The van der Waals surface area contributed by atoms with E-state index in [0.29, 0.717) is 17.5 Å². The zero-order valence-electron chi connectivity index (χ0n) is 9.95. The summed E-state index contributed by atoms with van der Waals surface area (Å²) in [6.07, 6.45) is 3.89. The molecule has 0 amide bonds. The molecule has 5 heteroatoms. The predicted molar refractivity (Wildman–Crippen MR) is 70.4 cm³/mol. The lowest BCUT2D eigenvalue weighted by atomic mass is 10.1. The van der Waals surface area contributed by atoms with E-state index in [-0.39, 0.29) is 5.82 Å². The van der Waals surface area contributed by atoms with Crippen molar-refractivity contribution in [3.05, 3.63) is 52.7 Å². The van der Waals surface area contributed by atoms with Gasteiger partial charge < -0.3 is 5.32 Å². The monoisotopic (exact) mass is 265 g/mol. The van der Waals surface area contributed by atoms with Crippen molar-refractivity contribution in [3.8, 4) is 0 Å². The summed E-state index contributed by atoms with van der Waals surface area (Å²) in [5.41, 5.74) is 2.06. The molecular formula is C13H13ClFN3. The molecule has 0 bridgehead atoms. The maximum Gasteiger partial charge on any atom is 0.149 e. The minimum atomic E-state index is -0.204. The molecule has 0 aliphatic rings. The van der Waals surface area contributed by atoms with Crippen LogP contribution >= 0.6 is 11.6 Å². The molecule has 1 aromatic carbocycles. The smallest absolute Gasteiger partial charge is 0.149 e. The summed E-state index contributed by atoms with van der Waals surface area (Å²) >= 11 is 5.73. The Morgan fingerprint density at radius 2 is 2.17 bits per heavy atom. The van der Waals surface area contributed by atoms with Crippen molar-refractivity contribution in [2.45, 2.75) is 13.3 Å². The van der Waals surface area contributed by atoms with Crippen molar-refractivity contribution >= 4 is 17.4 Å². The second kappa shape index (κ2) is 5.78. The first-order valence-electron chi connectivity index (χ1n) is 5.61. The van der Waals surface area contributed by atoms with Crippen molar-refractivity contribution in [2.75, 3.05) is 11.9 Å². The van der Waals surface area contributed by atoms with Crippen LogP contribution in [0, 0.1) is 12.7 Å². The van der Waals surface area contributed by atoms with Crippen molar-refractivity contribution in [3.63, 3.8) is 0 Å². The quantitative estimate of drug-likeness (QED) is 0.922. The van der Waals surface area contributed by atoms with Gasteiger partial charge in [0.1, 0.15) is 16.8 Å². The van der Waals surface area contributed by atoms with Crippen molar-refractivity contribution < 1.29 is 4.39 Å². The fourth-order valence-corrected chi connectivity index (χ4v) is 1.84. The van der Waals surface area contributed by atoms with Crippen LogP contribution in [0.25, 0.3) is 0 Å². The second-order valence-corrected chi connectivity index (χ2v) is 4.36. The molecule has 94 valence electrons. The fraction of sp³-hybridized carbons (Fsp3) is 0.231. The number of nitrogens with one attached hydrogen (secondary N) is 1. The van der Waals surface area contributed by atoms with E-state index in [1.165, 1.54) is 18.3 Å². The molecule has 0 aliphatic carbocycles. The van der Waals surface area contributed by atoms with Gasteiger partial charge in [0, 0.05) is 6.54 Å². The number of nitrogens with zero attached hydrogens (tertiary/aromatic N) is 2. The zero-order valence-corrected chi connectivity index (χ0v) is 10.7. The summed E-state index contributed by atoms with van der Waals surface area (Å²) in [5.74, 6) is 0.437. The standard InChI is InChI=1S/C13H13ClFN3/c1-9-6-11(15)3-2-10(9)4-5-17-13-8-16-7-12(14)18-13/h2-3,6-8H,4-5H2,1H3,(H,17,18). The lowest BCUT2D eigenvalue weighted by molar-refractivity contribution is 0.625. The van der Waals surface area contributed by atoms with Crippen LogP contribution in [0.4, 0.5) is 10.2 Å². The van der Waals surface area contributed by atoms with Crippen LogP contribution in [0.2, 0.25) is 5.15 Å². The molecule has 0 spiro atoms. The van der Waals surface area contributed by atoms with E-state index < -0.39 is 0 Å². The van der Waals surface area contributed by atoms with Gasteiger partial charge in [-0.15, -0.1) is 0 Å². The summed E-state index contributed by atoms with van der Waals surface area (Å²) in [5, 5.41) is 3.48. The number of hydrogen-bond acceptors (Lipinski definition) is 3. The molecule has 0 unspecified atom stereocenters. The average molecular weight is 266 g/mol. The Bertz CT molecular complexity index is 546. The summed E-state index contributed by atoms with van der Waals surface area (Å²) < 4.78 is 12.9. The number of aryl methyl sites for hydroxylation is 1. The van der Waals surface area contributed by atoms with E-state index >= 15 is 0 Å². The maximum absolute atomic E-state index is 12.9. The van der Waals surface area contributed by atoms with E-state index in [4.69, 9.17) is 11.6 Å². The Kier molecular flexibility index (Phi) is 4.10. The molecule has 2 aromatic rings. The lowest BCUT2D eigenvalue weighted by Gasteiger charge is -2.07. The lowest BCUT2D eigenvalue weighted by Crippen LogP contribution is -2.07. The highest BCUT2D eigenvalue weighted by Crippen LogP contribution is 2.11. The Morgan fingerprint density at radius 3 is 2.89 bits per heavy atom. The SMILES string of the molecule is Cc1cc(F)ccc1CCNc1cncc(Cl)n1. The van der Waals surface area contributed by atoms with Gasteiger partial charge in [-0.3, -0.25) is 4.98 Å². The molecule has 0 aliphatic heterocycles. The van der Waals surface area contributed by atoms with E-state index in [1.54, 1.807) is 12.3 Å². The number of hydrogen-bond donors (Lipinski definition) is 1. The highest BCUT2D eigenvalue weighted by molar-refractivity contribution is 6.29. The van der Waals surface area contributed by atoms with Crippen LogP contribution in [-0.4, -0.2) is 16.5 Å². The molecule has 2 rings (SSSR count). The van der Waals surface area contributed by atoms with Crippen LogP contribution < -0.4 is 5.32 Å². The van der Waals surface area contributed by atoms with Crippen LogP contribution in [0.3, 0.4) is 0 Å². The molecule has 0 radical (unpaired) electrons. The van der Waals surface area contributed by atoms with Gasteiger partial charge in [0.05, 0.1) is 12.4 Å². The second-order valence-electron chi connectivity index (χ2n) is 3.97. The maximum atomic E-state index is 12.9. The van der Waals surface area contributed by atoms with Crippen molar-refractivity contribution in [1.82, 2.24) is 9.97 Å². The fourth-order valence-electron chi connectivity index (χ4n) is 1.69. The molecule has 1 heterocycles. The van der Waals surface area contributed by atoms with E-state index in [9.17, 15) is 4.39 Å². The first-order chi connectivity index (χ1) is 8.65. The van der Waals surface area contributed by atoms with E-state index in [0.717, 1.165) is 17.5 Å². The number of benzene rings is 1. The van der Waals surface area contributed by atoms with Crippen LogP contribution in [0.1, 0.15) is 11.1 Å². The largest absolute Gasteiger partial charge is 0.368 e. The Labute approximate surface area is 110 Å². The average Bonchev–Trinajstić information content (AvgIpc) is 2.32. The molecule has 0 atom stereocenters. The van der Waals surface area contributed by atoms with Gasteiger partial charge in [0.2, 0.25) is 0 Å². The molecule has 0 fully saturated rings. The van der Waals surface area contributed by atoms with Gasteiger partial charge >= 0.3 is 0 Å². The molecule has 1 N–H and O–H groups in total. The van der Waals surface area contributed by atoms with Gasteiger partial charge in [-0.1, -0.05) is 17.7 Å². The number of rotatable bonds is 4. The summed E-state index contributed by atoms with van der Waals surface area (Å²) in [6, 6.07) is 4.81. The summed E-state index contributed by atoms with van der Waals surface area (Å²) in [7, 11) is 0. The van der Waals surface area contributed by atoms with Crippen molar-refractivity contribution in [1.29, 1.82) is 0 Å². The van der Waals surface area contributed by atoms with Gasteiger partial charge in [-0.25, -0.2) is 9.37 Å². The molecule has 0 saturated carbocycles. The zero-order chi connectivity index (χ0) is 13.0. The van der Waals surface area contributed by atoms with Crippen LogP contribution in [0.5, 0.6) is 0 Å². The Morgan fingerprint density at radius 1 is 1.33 bits per heavy atom. The molecular weight excluding hydrogens is 253 g/mol. The highest BCUT2D eigenvalue weighted by Gasteiger charge is 2.01. The number of halogens is 2. The third kappa shape index (κ3) is 3.40. The Balaban J connectivity index is 1.92. The van der Waals surface area contributed by atoms with Gasteiger partial charge in [-0.2, -0.15) is 0 Å². The number of aromatic nitrogens is 2. The molecule has 3 nitrogen and oxygen atoms in total. The van der Waals surface area contributed by atoms with Gasteiger partial charge in [-0.05, 0) is 36.6 Å². The summed E-state index contributed by atoms with van der Waals surface area (Å²) in [6.45, 7) is 2.60. The third-order valence-electron chi connectivity index (χ3n) is 2.61. The predicted octanol–water partition coefficient (Wildman–Crippen LogP) is 3.23. The van der Waals surface area contributed by atoms with Crippen LogP contribution in [0.15, 0.2) is 30.6 Å². The van der Waals surface area contributed by atoms with Crippen molar-refractivity contribution in [2.24, 2.45) is 0 Å². The van der Waals surface area contributed by atoms with Crippen LogP contribution in [-0.2, 0) is 6.42 Å². The topological polar surface area (TPSA) is 37.8 Å². The molecule has 1 aromatic heterocycles. The van der Waals surface area contributed by atoms with E-state index in [2.05, 4.69) is 15.3 Å². The first kappa shape index (κ1) is 12.8. The van der Waals surface area contributed by atoms with Gasteiger partial charge in [0.15, 0.2) is 0 Å². The normalized spacial score (nSPS) is 10.4. The highest BCUT2D eigenvalue weighted by atomic mass is 35.5. The summed E-state index contributed by atoms with van der Waals surface area (Å²) in [4.78, 5) is 8.01. The first-order valence-corrected chi connectivity index (χ1v) is 5.99. The minimum Gasteiger partial charge on any atom is -0.368 e. The van der Waals surface area contributed by atoms with E-state index in [1.807, 2.05) is 6.92 Å². The third-order valence-corrected chi connectivity index (χ3v) is 2.79. The Hall–Kier alpha value is -1.68. The molecule has 18 heavy (non-hydrogen) atoms.